The van der Waals surface area contributed by atoms with E-state index in [-0.39, 0.29) is 5.91 Å². The average Bonchev–Trinajstić information content (AvgIpc) is 2.73. The molecule has 2 aromatic carbocycles. The van der Waals surface area contributed by atoms with Crippen molar-refractivity contribution in [2.75, 3.05) is 18.4 Å². The van der Waals surface area contributed by atoms with E-state index in [0.717, 1.165) is 29.8 Å². The van der Waals surface area contributed by atoms with Crippen LogP contribution in [0.2, 0.25) is 0 Å². The number of aromatic nitrogens is 1. The summed E-state index contributed by atoms with van der Waals surface area (Å²) in [6.07, 6.45) is 4.02. The Bertz CT molecular complexity index is 852. The van der Waals surface area contributed by atoms with Crippen molar-refractivity contribution >= 4 is 11.6 Å². The normalized spacial score (nSPS) is 11.8. The number of aliphatic hydroxyl groups is 1. The molecule has 5 nitrogen and oxygen atoms in total. The first-order chi connectivity index (χ1) is 13.7. The molecule has 144 valence electrons. The maximum atomic E-state index is 12.1. The van der Waals surface area contributed by atoms with Crippen LogP contribution in [0, 0.1) is 0 Å². The lowest BCUT2D eigenvalue weighted by atomic mass is 10.1. The van der Waals surface area contributed by atoms with Gasteiger partial charge in [0.25, 0.3) is 0 Å². The molecule has 0 fully saturated rings. The first-order valence-electron chi connectivity index (χ1n) is 9.42. The minimum Gasteiger partial charge on any atom is -0.387 e. The molecule has 1 atom stereocenters. The lowest BCUT2D eigenvalue weighted by Gasteiger charge is -2.12. The third-order valence-electron chi connectivity index (χ3n) is 4.44. The standard InChI is InChI=1S/C23H25N3O2/c27-22(20-7-4-13-24-16-20)17-25-14-12-18-8-10-21(11-9-18)26-23(28)15-19-5-2-1-3-6-19/h1-11,13,16,22,25,27H,12,14-15,17H2,(H,26,28)/t22-/m0/s1. The highest BCUT2D eigenvalue weighted by molar-refractivity contribution is 5.92. The third kappa shape index (κ3) is 6.30. The zero-order valence-corrected chi connectivity index (χ0v) is 15.7. The number of carbonyl (C=O) groups excluding carboxylic acids is 1. The Kier molecular flexibility index (Phi) is 7.29. The number of hydrogen-bond acceptors (Lipinski definition) is 4. The lowest BCUT2D eigenvalue weighted by Crippen LogP contribution is -2.23. The minimum absolute atomic E-state index is 0.0231. The second kappa shape index (κ2) is 10.3. The van der Waals surface area contributed by atoms with E-state index in [0.29, 0.717) is 13.0 Å². The van der Waals surface area contributed by atoms with Crippen molar-refractivity contribution < 1.29 is 9.90 Å². The SMILES string of the molecule is O=C(Cc1ccccc1)Nc1ccc(CCNC[C@H](O)c2cccnc2)cc1. The van der Waals surface area contributed by atoms with Crippen LogP contribution in [-0.4, -0.2) is 29.1 Å². The Labute approximate surface area is 165 Å². The third-order valence-corrected chi connectivity index (χ3v) is 4.44. The van der Waals surface area contributed by atoms with E-state index < -0.39 is 6.10 Å². The van der Waals surface area contributed by atoms with Gasteiger partial charge in [-0.2, -0.15) is 0 Å². The van der Waals surface area contributed by atoms with E-state index in [1.165, 1.54) is 5.56 Å². The molecule has 1 amide bonds. The smallest absolute Gasteiger partial charge is 0.228 e. The largest absolute Gasteiger partial charge is 0.387 e. The number of nitrogens with zero attached hydrogens (tertiary/aromatic N) is 1. The molecule has 3 rings (SSSR count). The molecule has 0 aliphatic rings. The fraction of sp³-hybridized carbons (Fsp3) is 0.217. The number of rotatable bonds is 9. The van der Waals surface area contributed by atoms with Gasteiger partial charge < -0.3 is 15.7 Å². The van der Waals surface area contributed by atoms with Gasteiger partial charge in [0.2, 0.25) is 5.91 Å². The number of hydrogen-bond donors (Lipinski definition) is 3. The Balaban J connectivity index is 1.39. The molecule has 5 heteroatoms. The van der Waals surface area contributed by atoms with Gasteiger partial charge in [-0.15, -0.1) is 0 Å². The summed E-state index contributed by atoms with van der Waals surface area (Å²) in [5.74, 6) is -0.0231. The Hall–Kier alpha value is -3.02. The second-order valence-electron chi connectivity index (χ2n) is 6.66. The first-order valence-corrected chi connectivity index (χ1v) is 9.42. The topological polar surface area (TPSA) is 74.2 Å². The molecule has 1 aromatic heterocycles. The van der Waals surface area contributed by atoms with Crippen molar-refractivity contribution in [2.45, 2.75) is 18.9 Å². The van der Waals surface area contributed by atoms with Crippen molar-refractivity contribution in [3.63, 3.8) is 0 Å². The molecule has 0 radical (unpaired) electrons. The molecule has 3 N–H and O–H groups in total. The number of amides is 1. The molecule has 0 aliphatic carbocycles. The summed E-state index contributed by atoms with van der Waals surface area (Å²) in [5.41, 5.74) is 3.77. The van der Waals surface area contributed by atoms with Gasteiger partial charge in [0.1, 0.15) is 0 Å². The second-order valence-corrected chi connectivity index (χ2v) is 6.66. The molecule has 0 spiro atoms. The molecule has 0 unspecified atom stereocenters. The first kappa shape index (κ1) is 19.7. The van der Waals surface area contributed by atoms with E-state index in [9.17, 15) is 9.90 Å². The summed E-state index contributed by atoms with van der Waals surface area (Å²) in [6, 6.07) is 21.2. The number of pyridine rings is 1. The van der Waals surface area contributed by atoms with Gasteiger partial charge in [0.05, 0.1) is 12.5 Å². The summed E-state index contributed by atoms with van der Waals surface area (Å²) in [5, 5.41) is 16.3. The van der Waals surface area contributed by atoms with Crippen molar-refractivity contribution in [1.29, 1.82) is 0 Å². The molecule has 0 saturated carbocycles. The monoisotopic (exact) mass is 375 g/mol. The van der Waals surface area contributed by atoms with Crippen LogP contribution < -0.4 is 10.6 Å². The van der Waals surface area contributed by atoms with Crippen molar-refractivity contribution in [3.05, 3.63) is 95.8 Å². The van der Waals surface area contributed by atoms with Crippen LogP contribution in [0.1, 0.15) is 22.8 Å². The van der Waals surface area contributed by atoms with Crippen LogP contribution >= 0.6 is 0 Å². The lowest BCUT2D eigenvalue weighted by molar-refractivity contribution is -0.115. The van der Waals surface area contributed by atoms with Gasteiger partial charge in [0, 0.05) is 30.2 Å². The van der Waals surface area contributed by atoms with Gasteiger partial charge in [0.15, 0.2) is 0 Å². The molecule has 0 bridgehead atoms. The predicted molar refractivity (Wildman–Crippen MR) is 111 cm³/mol. The van der Waals surface area contributed by atoms with E-state index in [2.05, 4.69) is 15.6 Å². The van der Waals surface area contributed by atoms with Gasteiger partial charge >= 0.3 is 0 Å². The molecule has 0 aliphatic heterocycles. The molecule has 0 saturated heterocycles. The van der Waals surface area contributed by atoms with Crippen LogP contribution in [0.25, 0.3) is 0 Å². The molecule has 1 heterocycles. The number of nitrogens with one attached hydrogen (secondary N) is 2. The van der Waals surface area contributed by atoms with Crippen LogP contribution in [0.4, 0.5) is 5.69 Å². The maximum Gasteiger partial charge on any atom is 0.228 e. The van der Waals surface area contributed by atoms with Crippen molar-refractivity contribution in [2.24, 2.45) is 0 Å². The number of anilines is 1. The van der Waals surface area contributed by atoms with E-state index >= 15 is 0 Å². The quantitative estimate of drug-likeness (QED) is 0.503. The zero-order valence-electron chi connectivity index (χ0n) is 15.7. The summed E-state index contributed by atoms with van der Waals surface area (Å²) in [6.45, 7) is 1.25. The molecular weight excluding hydrogens is 350 g/mol. The molecule has 28 heavy (non-hydrogen) atoms. The fourth-order valence-electron chi connectivity index (χ4n) is 2.90. The van der Waals surface area contributed by atoms with Crippen LogP contribution in [0.5, 0.6) is 0 Å². The summed E-state index contributed by atoms with van der Waals surface area (Å²) < 4.78 is 0. The fourth-order valence-corrected chi connectivity index (χ4v) is 2.90. The Morgan fingerprint density at radius 2 is 1.75 bits per heavy atom. The van der Waals surface area contributed by atoms with Crippen LogP contribution in [0.15, 0.2) is 79.1 Å². The van der Waals surface area contributed by atoms with E-state index in [1.54, 1.807) is 12.4 Å². The van der Waals surface area contributed by atoms with Crippen LogP contribution in [-0.2, 0) is 17.6 Å². The van der Waals surface area contributed by atoms with Crippen molar-refractivity contribution in [1.82, 2.24) is 10.3 Å². The van der Waals surface area contributed by atoms with Crippen LogP contribution in [0.3, 0.4) is 0 Å². The van der Waals surface area contributed by atoms with Gasteiger partial charge in [-0.3, -0.25) is 9.78 Å². The summed E-state index contributed by atoms with van der Waals surface area (Å²) in [7, 11) is 0. The summed E-state index contributed by atoms with van der Waals surface area (Å²) in [4.78, 5) is 16.1. The Morgan fingerprint density at radius 3 is 2.46 bits per heavy atom. The highest BCUT2D eigenvalue weighted by atomic mass is 16.3. The highest BCUT2D eigenvalue weighted by Gasteiger charge is 2.07. The maximum absolute atomic E-state index is 12.1. The van der Waals surface area contributed by atoms with Crippen molar-refractivity contribution in [3.8, 4) is 0 Å². The number of carbonyl (C=O) groups is 1. The number of benzene rings is 2. The van der Waals surface area contributed by atoms with Gasteiger partial charge in [-0.05, 0) is 42.3 Å². The molecule has 3 aromatic rings. The Morgan fingerprint density at radius 1 is 0.964 bits per heavy atom. The minimum atomic E-state index is -0.559. The van der Waals surface area contributed by atoms with Gasteiger partial charge in [-0.1, -0.05) is 48.5 Å². The predicted octanol–water partition coefficient (Wildman–Crippen LogP) is 3.13. The van der Waals surface area contributed by atoms with Gasteiger partial charge in [-0.25, -0.2) is 0 Å². The average molecular weight is 375 g/mol. The zero-order chi connectivity index (χ0) is 19.6. The number of aliphatic hydroxyl groups excluding tert-OH is 1. The highest BCUT2D eigenvalue weighted by Crippen LogP contribution is 2.12. The summed E-state index contributed by atoms with van der Waals surface area (Å²) >= 11 is 0. The van der Waals surface area contributed by atoms with E-state index in [1.807, 2.05) is 66.7 Å². The molecular formula is C23H25N3O2. The van der Waals surface area contributed by atoms with E-state index in [4.69, 9.17) is 0 Å².